The summed E-state index contributed by atoms with van der Waals surface area (Å²) in [6.07, 6.45) is 3.51. The maximum Gasteiger partial charge on any atom is 0.346 e. The van der Waals surface area contributed by atoms with Crippen LogP contribution < -0.4 is 19.3 Å². The first-order valence-corrected chi connectivity index (χ1v) is 17.9. The van der Waals surface area contributed by atoms with Crippen molar-refractivity contribution in [1.29, 1.82) is 5.26 Å². The molecule has 0 saturated heterocycles. The Bertz CT molecular complexity index is 2480. The first-order chi connectivity index (χ1) is 26.4. The van der Waals surface area contributed by atoms with Gasteiger partial charge in [0.1, 0.15) is 23.1 Å². The molecule has 1 heterocycles. The van der Waals surface area contributed by atoms with E-state index in [2.05, 4.69) is 94.1 Å². The number of nitrogens with zero attached hydrogens (tertiary/aromatic N) is 4. The van der Waals surface area contributed by atoms with Crippen LogP contribution in [0, 0.1) is 11.3 Å². The van der Waals surface area contributed by atoms with E-state index in [0.717, 1.165) is 81.3 Å². The van der Waals surface area contributed by atoms with Crippen molar-refractivity contribution >= 4 is 68.0 Å². The summed E-state index contributed by atoms with van der Waals surface area (Å²) in [5.74, 6) is 0.291. The number of aromatic nitrogens is 1. The van der Waals surface area contributed by atoms with Crippen molar-refractivity contribution in [2.75, 3.05) is 24.0 Å². The zero-order valence-corrected chi connectivity index (χ0v) is 30.4. The quantitative estimate of drug-likeness (QED) is 0.0940. The second kappa shape index (κ2) is 15.7. The molecule has 0 radical (unpaired) electrons. The summed E-state index contributed by atoms with van der Waals surface area (Å²) >= 11 is 0. The molecule has 0 fully saturated rings. The fourth-order valence-corrected chi connectivity index (χ4v) is 6.88. The highest BCUT2D eigenvalue weighted by Crippen LogP contribution is 2.42. The van der Waals surface area contributed by atoms with Crippen molar-refractivity contribution in [2.24, 2.45) is 0 Å². The molecule has 0 aliphatic heterocycles. The van der Waals surface area contributed by atoms with Crippen LogP contribution in [0.3, 0.4) is 0 Å². The molecular formula is C46H40N4O4. The molecule has 0 amide bonds. The lowest BCUT2D eigenvalue weighted by molar-refractivity contribution is -0.132. The van der Waals surface area contributed by atoms with Gasteiger partial charge in [0.05, 0.1) is 14.2 Å². The molecule has 0 saturated carbocycles. The average molecular weight is 713 g/mol. The number of carbonyl (C=O) groups is 1. The lowest BCUT2D eigenvalue weighted by atomic mass is 10.1. The van der Waals surface area contributed by atoms with Crippen LogP contribution in [0.15, 0.2) is 145 Å². The van der Waals surface area contributed by atoms with E-state index in [-0.39, 0.29) is 5.57 Å². The predicted molar refractivity (Wildman–Crippen MR) is 218 cm³/mol. The minimum atomic E-state index is -1.26. The van der Waals surface area contributed by atoms with Gasteiger partial charge in [-0.2, -0.15) is 5.26 Å². The van der Waals surface area contributed by atoms with Crippen molar-refractivity contribution < 1.29 is 19.4 Å². The second-order valence-electron chi connectivity index (χ2n) is 12.9. The Labute approximate surface area is 314 Å². The molecule has 0 aliphatic carbocycles. The predicted octanol–water partition coefficient (Wildman–Crippen LogP) is 11.5. The summed E-state index contributed by atoms with van der Waals surface area (Å²) in [4.78, 5) is 15.9. The Hall–Kier alpha value is -6.98. The van der Waals surface area contributed by atoms with E-state index >= 15 is 0 Å². The number of aryl methyl sites for hydroxylation is 1. The van der Waals surface area contributed by atoms with Gasteiger partial charge in [0.25, 0.3) is 0 Å². The minimum absolute atomic E-state index is 0.322. The number of aliphatic carboxylic acids is 1. The molecule has 268 valence electrons. The number of hydrogen-bond donors (Lipinski definition) is 1. The van der Waals surface area contributed by atoms with Crippen LogP contribution in [0.2, 0.25) is 0 Å². The Morgan fingerprint density at radius 1 is 0.667 bits per heavy atom. The van der Waals surface area contributed by atoms with Gasteiger partial charge in [0.2, 0.25) is 0 Å². The molecule has 8 nitrogen and oxygen atoms in total. The smallest absolute Gasteiger partial charge is 0.346 e. The Kier molecular flexibility index (Phi) is 10.3. The molecule has 6 aromatic carbocycles. The van der Waals surface area contributed by atoms with Gasteiger partial charge in [0, 0.05) is 62.5 Å². The van der Waals surface area contributed by atoms with Crippen molar-refractivity contribution in [3.8, 4) is 17.6 Å². The minimum Gasteiger partial charge on any atom is -0.497 e. The fraction of sp³-hybridized carbons (Fsp3) is 0.130. The van der Waals surface area contributed by atoms with Gasteiger partial charge in [0.15, 0.2) is 0 Å². The Morgan fingerprint density at radius 3 is 1.54 bits per heavy atom. The van der Waals surface area contributed by atoms with E-state index in [0.29, 0.717) is 5.56 Å². The number of hydrogen-bond acceptors (Lipinski definition) is 6. The number of nitriles is 1. The van der Waals surface area contributed by atoms with E-state index in [9.17, 15) is 15.2 Å². The highest BCUT2D eigenvalue weighted by Gasteiger charge is 2.20. The van der Waals surface area contributed by atoms with Gasteiger partial charge < -0.3 is 28.9 Å². The monoisotopic (exact) mass is 712 g/mol. The molecule has 0 aliphatic rings. The summed E-state index contributed by atoms with van der Waals surface area (Å²) in [7, 11) is 3.33. The number of carboxylic acids is 1. The molecule has 54 heavy (non-hydrogen) atoms. The molecule has 7 rings (SSSR count). The topological polar surface area (TPSA) is 91.0 Å². The molecule has 1 N–H and O–H groups in total. The number of methoxy groups -OCH3 is 2. The molecule has 7 aromatic rings. The maximum absolute atomic E-state index is 11.5. The molecule has 0 spiro atoms. The van der Waals surface area contributed by atoms with E-state index in [1.165, 1.54) is 11.6 Å². The van der Waals surface area contributed by atoms with Gasteiger partial charge in [-0.3, -0.25) is 0 Å². The molecular weight excluding hydrogens is 673 g/mol. The number of fused-ring (bicyclic) bond motifs is 3. The normalized spacial score (nSPS) is 11.3. The number of ether oxygens (including phenoxy) is 2. The third-order valence-electron chi connectivity index (χ3n) is 9.57. The van der Waals surface area contributed by atoms with Gasteiger partial charge in [-0.1, -0.05) is 43.7 Å². The highest BCUT2D eigenvalue weighted by molar-refractivity contribution is 6.11. The van der Waals surface area contributed by atoms with Crippen molar-refractivity contribution in [3.63, 3.8) is 0 Å². The Balaban J connectivity index is 1.41. The largest absolute Gasteiger partial charge is 0.497 e. The van der Waals surface area contributed by atoms with Crippen LogP contribution in [0.1, 0.15) is 25.3 Å². The number of para-hydroxylation sites is 1. The zero-order chi connectivity index (χ0) is 37.6. The molecule has 8 heteroatoms. The number of rotatable bonds is 13. The van der Waals surface area contributed by atoms with Crippen LogP contribution in [-0.4, -0.2) is 29.9 Å². The van der Waals surface area contributed by atoms with Gasteiger partial charge in [-0.05, 0) is 127 Å². The number of anilines is 6. The van der Waals surface area contributed by atoms with Crippen LogP contribution >= 0.6 is 0 Å². The average Bonchev–Trinajstić information content (AvgIpc) is 3.52. The van der Waals surface area contributed by atoms with E-state index in [1.54, 1.807) is 20.3 Å². The summed E-state index contributed by atoms with van der Waals surface area (Å²) in [6.45, 7) is 3.11. The number of unbranched alkanes of at least 4 members (excludes halogenated alkanes) is 1. The van der Waals surface area contributed by atoms with Crippen molar-refractivity contribution in [2.45, 2.75) is 26.3 Å². The SMILES string of the molecule is CCCCn1c2ccc(N(c3ccccc3)c3ccc(OC)cc3)cc2c2cc(N(c3ccc(/C=C(/C#N)C(=O)O)cc3)c3ccc(OC)cc3)ccc21. The molecule has 0 bridgehead atoms. The standard InChI is InChI=1S/C46H40N4O4/c1-4-5-27-48-44-25-19-38(49(34-9-7-6-8-10-34)36-15-21-40(53-2)22-16-36)29-42(44)43-30-39(20-26-45(43)48)50(37-17-23-41(54-3)24-18-37)35-13-11-32(12-14-35)28-33(31-47)46(51)52/h6-26,28-30H,4-5,27H2,1-3H3,(H,51,52)/b33-28-. The first kappa shape index (κ1) is 35.4. The first-order valence-electron chi connectivity index (χ1n) is 17.9. The van der Waals surface area contributed by atoms with Crippen LogP contribution in [0.25, 0.3) is 27.9 Å². The molecule has 0 atom stereocenters. The highest BCUT2D eigenvalue weighted by atomic mass is 16.5. The zero-order valence-electron chi connectivity index (χ0n) is 30.4. The van der Waals surface area contributed by atoms with E-state index in [1.807, 2.05) is 66.7 Å². The molecule has 1 aromatic heterocycles. The third-order valence-corrected chi connectivity index (χ3v) is 9.57. The van der Waals surface area contributed by atoms with Crippen LogP contribution in [-0.2, 0) is 11.3 Å². The number of carboxylic acid groups (broad SMARTS) is 1. The number of benzene rings is 6. The summed E-state index contributed by atoms with van der Waals surface area (Å²) < 4.78 is 13.4. The Morgan fingerprint density at radius 2 is 1.11 bits per heavy atom. The van der Waals surface area contributed by atoms with Crippen LogP contribution in [0.4, 0.5) is 34.1 Å². The fourth-order valence-electron chi connectivity index (χ4n) is 6.88. The summed E-state index contributed by atoms with van der Waals surface area (Å²) in [6, 6.07) is 49.0. The van der Waals surface area contributed by atoms with Gasteiger partial charge >= 0.3 is 5.97 Å². The lowest BCUT2D eigenvalue weighted by Gasteiger charge is -2.26. The van der Waals surface area contributed by atoms with Crippen molar-refractivity contribution in [3.05, 3.63) is 151 Å². The van der Waals surface area contributed by atoms with Gasteiger partial charge in [-0.15, -0.1) is 0 Å². The van der Waals surface area contributed by atoms with E-state index in [4.69, 9.17) is 9.47 Å². The third kappa shape index (κ3) is 7.08. The maximum atomic E-state index is 11.5. The summed E-state index contributed by atoms with van der Waals surface area (Å²) in [5.41, 5.74) is 8.47. The van der Waals surface area contributed by atoms with Crippen molar-refractivity contribution in [1.82, 2.24) is 4.57 Å². The van der Waals surface area contributed by atoms with E-state index < -0.39 is 5.97 Å². The molecule has 0 unspecified atom stereocenters. The van der Waals surface area contributed by atoms with Crippen LogP contribution in [0.5, 0.6) is 11.5 Å². The lowest BCUT2D eigenvalue weighted by Crippen LogP contribution is -2.10. The summed E-state index contributed by atoms with van der Waals surface area (Å²) in [5, 5.41) is 21.0. The second-order valence-corrected chi connectivity index (χ2v) is 12.9. The van der Waals surface area contributed by atoms with Gasteiger partial charge in [-0.25, -0.2) is 4.79 Å².